The molecule has 1 heterocycles. The topological polar surface area (TPSA) is 50.2 Å². The lowest BCUT2D eigenvalue weighted by Crippen LogP contribution is -2.04. The van der Waals surface area contributed by atoms with Crippen LogP contribution < -0.4 is 0 Å². The van der Waals surface area contributed by atoms with E-state index in [2.05, 4.69) is 4.98 Å². The minimum atomic E-state index is -4.41. The first-order valence-electron chi connectivity index (χ1n) is 5.20. The van der Waals surface area contributed by atoms with Crippen molar-refractivity contribution in [3.8, 4) is 11.3 Å². The molecular formula is C12H8F3NO2S. The van der Waals surface area contributed by atoms with Crippen molar-refractivity contribution in [3.63, 3.8) is 0 Å². The van der Waals surface area contributed by atoms with Crippen molar-refractivity contribution < 1.29 is 23.1 Å². The van der Waals surface area contributed by atoms with E-state index in [4.69, 9.17) is 5.11 Å². The molecule has 0 aliphatic carbocycles. The monoisotopic (exact) mass is 287 g/mol. The number of aromatic nitrogens is 1. The molecule has 0 radical (unpaired) electrons. The fourth-order valence-corrected chi connectivity index (χ4v) is 2.30. The minimum Gasteiger partial charge on any atom is -0.481 e. The molecule has 100 valence electrons. The van der Waals surface area contributed by atoms with Gasteiger partial charge in [-0.1, -0.05) is 12.1 Å². The number of alkyl halides is 3. The smallest absolute Gasteiger partial charge is 0.416 e. The molecule has 0 saturated carbocycles. The van der Waals surface area contributed by atoms with E-state index in [0.717, 1.165) is 23.5 Å². The Morgan fingerprint density at radius 3 is 2.74 bits per heavy atom. The quantitative estimate of drug-likeness (QED) is 0.940. The summed E-state index contributed by atoms with van der Waals surface area (Å²) in [6.45, 7) is 0. The summed E-state index contributed by atoms with van der Waals surface area (Å²) in [4.78, 5) is 14.5. The van der Waals surface area contributed by atoms with Gasteiger partial charge in [-0.05, 0) is 12.1 Å². The van der Waals surface area contributed by atoms with Gasteiger partial charge in [-0.25, -0.2) is 4.98 Å². The highest BCUT2D eigenvalue weighted by molar-refractivity contribution is 7.10. The van der Waals surface area contributed by atoms with E-state index in [1.807, 2.05) is 0 Å². The zero-order chi connectivity index (χ0) is 14.0. The standard InChI is InChI=1S/C12H8F3NO2S/c13-12(14,15)8-3-1-2-7(4-8)9-6-19-10(16-9)5-11(17)18/h1-4,6H,5H2,(H,17,18). The summed E-state index contributed by atoms with van der Waals surface area (Å²) in [7, 11) is 0. The molecule has 0 fully saturated rings. The van der Waals surface area contributed by atoms with Gasteiger partial charge in [0.15, 0.2) is 0 Å². The average Bonchev–Trinajstić information content (AvgIpc) is 2.76. The van der Waals surface area contributed by atoms with E-state index in [-0.39, 0.29) is 6.42 Å². The summed E-state index contributed by atoms with van der Waals surface area (Å²) in [5.41, 5.74) is -0.0761. The molecule has 0 aliphatic rings. The number of carboxylic acid groups (broad SMARTS) is 1. The highest BCUT2D eigenvalue weighted by Gasteiger charge is 2.30. The second-order valence-electron chi connectivity index (χ2n) is 3.78. The minimum absolute atomic E-state index is 0.233. The number of benzene rings is 1. The molecule has 1 aromatic carbocycles. The Balaban J connectivity index is 2.32. The summed E-state index contributed by atoms with van der Waals surface area (Å²) < 4.78 is 37.7. The maximum atomic E-state index is 12.6. The number of nitrogens with zero attached hydrogens (tertiary/aromatic N) is 1. The van der Waals surface area contributed by atoms with Gasteiger partial charge in [0.1, 0.15) is 5.01 Å². The molecule has 7 heteroatoms. The second kappa shape index (κ2) is 5.00. The van der Waals surface area contributed by atoms with Crippen LogP contribution in [-0.2, 0) is 17.4 Å². The van der Waals surface area contributed by atoms with Gasteiger partial charge >= 0.3 is 12.1 Å². The molecular weight excluding hydrogens is 279 g/mol. The maximum absolute atomic E-state index is 12.6. The van der Waals surface area contributed by atoms with E-state index in [1.54, 1.807) is 5.38 Å². The summed E-state index contributed by atoms with van der Waals surface area (Å²) in [5.74, 6) is -1.02. The molecule has 1 aromatic heterocycles. The van der Waals surface area contributed by atoms with Crippen LogP contribution >= 0.6 is 11.3 Å². The maximum Gasteiger partial charge on any atom is 0.416 e. The molecule has 1 N–H and O–H groups in total. The van der Waals surface area contributed by atoms with Crippen LogP contribution in [0.3, 0.4) is 0 Å². The lowest BCUT2D eigenvalue weighted by atomic mass is 10.1. The van der Waals surface area contributed by atoms with Crippen LogP contribution in [0.25, 0.3) is 11.3 Å². The average molecular weight is 287 g/mol. The highest BCUT2D eigenvalue weighted by atomic mass is 32.1. The number of carboxylic acids is 1. The number of hydrogen-bond donors (Lipinski definition) is 1. The number of thiazole rings is 1. The van der Waals surface area contributed by atoms with Crippen LogP contribution in [0, 0.1) is 0 Å². The third-order valence-corrected chi connectivity index (χ3v) is 3.19. The summed E-state index contributed by atoms with van der Waals surface area (Å²) in [6, 6.07) is 4.79. The Hall–Kier alpha value is -1.89. The predicted octanol–water partition coefficient (Wildman–Crippen LogP) is 3.46. The third kappa shape index (κ3) is 3.31. The van der Waals surface area contributed by atoms with E-state index in [9.17, 15) is 18.0 Å². The first kappa shape index (κ1) is 13.5. The van der Waals surface area contributed by atoms with Crippen molar-refractivity contribution in [2.75, 3.05) is 0 Å². The van der Waals surface area contributed by atoms with Gasteiger partial charge in [0.2, 0.25) is 0 Å². The first-order valence-corrected chi connectivity index (χ1v) is 6.08. The molecule has 3 nitrogen and oxygen atoms in total. The van der Waals surface area contributed by atoms with Gasteiger partial charge in [0.25, 0.3) is 0 Å². The molecule has 0 spiro atoms. The van der Waals surface area contributed by atoms with E-state index >= 15 is 0 Å². The van der Waals surface area contributed by atoms with Crippen LogP contribution in [0.15, 0.2) is 29.6 Å². The van der Waals surface area contributed by atoms with Gasteiger partial charge in [-0.3, -0.25) is 4.79 Å². The van der Waals surface area contributed by atoms with Crippen LogP contribution in [0.5, 0.6) is 0 Å². The predicted molar refractivity (Wildman–Crippen MR) is 63.9 cm³/mol. The van der Waals surface area contributed by atoms with E-state index < -0.39 is 17.7 Å². The fraction of sp³-hybridized carbons (Fsp3) is 0.167. The van der Waals surface area contributed by atoms with Crippen LogP contribution in [-0.4, -0.2) is 16.1 Å². The molecule has 0 aliphatic heterocycles. The summed E-state index contributed by atoms with van der Waals surface area (Å²) >= 11 is 1.11. The number of aliphatic carboxylic acids is 1. The summed E-state index contributed by atoms with van der Waals surface area (Å²) in [5, 5.41) is 10.5. The molecule has 0 bridgehead atoms. The fourth-order valence-electron chi connectivity index (χ4n) is 1.51. The largest absolute Gasteiger partial charge is 0.481 e. The molecule has 2 aromatic rings. The molecule has 0 amide bonds. The Kier molecular flexibility index (Phi) is 3.57. The number of hydrogen-bond acceptors (Lipinski definition) is 3. The summed E-state index contributed by atoms with van der Waals surface area (Å²) in [6.07, 6.45) is -4.64. The molecule has 2 rings (SSSR count). The van der Waals surface area contributed by atoms with Crippen molar-refractivity contribution in [3.05, 3.63) is 40.2 Å². The Morgan fingerprint density at radius 1 is 1.37 bits per heavy atom. The molecule has 0 saturated heterocycles. The van der Waals surface area contributed by atoms with Crippen molar-refractivity contribution >= 4 is 17.3 Å². The zero-order valence-corrected chi connectivity index (χ0v) is 10.3. The van der Waals surface area contributed by atoms with Crippen molar-refractivity contribution in [1.82, 2.24) is 4.98 Å². The Labute approximate surface area is 110 Å². The van der Waals surface area contributed by atoms with E-state index in [0.29, 0.717) is 16.3 Å². The van der Waals surface area contributed by atoms with E-state index in [1.165, 1.54) is 12.1 Å². The Bertz CT molecular complexity index is 607. The van der Waals surface area contributed by atoms with Crippen molar-refractivity contribution in [2.45, 2.75) is 12.6 Å². The van der Waals surface area contributed by atoms with Gasteiger partial charge < -0.3 is 5.11 Å². The highest BCUT2D eigenvalue weighted by Crippen LogP contribution is 2.32. The van der Waals surface area contributed by atoms with Gasteiger partial charge in [-0.15, -0.1) is 11.3 Å². The number of halogens is 3. The van der Waals surface area contributed by atoms with Crippen LogP contribution in [0.2, 0.25) is 0 Å². The molecule has 19 heavy (non-hydrogen) atoms. The van der Waals surface area contributed by atoms with Gasteiger partial charge in [-0.2, -0.15) is 13.2 Å². The van der Waals surface area contributed by atoms with Gasteiger partial charge in [0, 0.05) is 10.9 Å². The number of rotatable bonds is 3. The Morgan fingerprint density at radius 2 is 2.11 bits per heavy atom. The first-order chi connectivity index (χ1) is 8.86. The number of carbonyl (C=O) groups is 1. The van der Waals surface area contributed by atoms with Gasteiger partial charge in [0.05, 0.1) is 17.7 Å². The SMILES string of the molecule is O=C(O)Cc1nc(-c2cccc(C(F)(F)F)c2)cs1. The normalized spacial score (nSPS) is 11.5. The van der Waals surface area contributed by atoms with Crippen molar-refractivity contribution in [2.24, 2.45) is 0 Å². The van der Waals surface area contributed by atoms with Crippen LogP contribution in [0.1, 0.15) is 10.6 Å². The second-order valence-corrected chi connectivity index (χ2v) is 4.72. The van der Waals surface area contributed by atoms with Crippen molar-refractivity contribution in [1.29, 1.82) is 0 Å². The van der Waals surface area contributed by atoms with Crippen LogP contribution in [0.4, 0.5) is 13.2 Å². The lowest BCUT2D eigenvalue weighted by Gasteiger charge is -2.07. The zero-order valence-electron chi connectivity index (χ0n) is 9.44. The third-order valence-electron chi connectivity index (χ3n) is 2.34. The molecule has 0 unspecified atom stereocenters. The lowest BCUT2D eigenvalue weighted by molar-refractivity contribution is -0.138. The molecule has 0 atom stereocenters.